The second-order valence-electron chi connectivity index (χ2n) is 5.29. The summed E-state index contributed by atoms with van der Waals surface area (Å²) in [4.78, 5) is 12.2. The molecule has 2 unspecified atom stereocenters. The summed E-state index contributed by atoms with van der Waals surface area (Å²) in [6.45, 7) is 6.04. The lowest BCUT2D eigenvalue weighted by Gasteiger charge is -2.32. The summed E-state index contributed by atoms with van der Waals surface area (Å²) >= 11 is 0. The quantitative estimate of drug-likeness (QED) is 0.517. The Labute approximate surface area is 117 Å². The highest BCUT2D eigenvalue weighted by Gasteiger charge is 2.48. The van der Waals surface area contributed by atoms with Gasteiger partial charge in [0.1, 0.15) is 5.54 Å². The molecular formula is C15H29NO3. The molecule has 1 aliphatic rings. The average Bonchev–Trinajstić information content (AvgIpc) is 2.83. The second-order valence-corrected chi connectivity index (χ2v) is 5.29. The minimum atomic E-state index is -0.482. The molecule has 1 fully saturated rings. The third-order valence-electron chi connectivity index (χ3n) is 4.16. The molecule has 0 aromatic heterocycles. The van der Waals surface area contributed by atoms with E-state index in [1.54, 1.807) is 0 Å². The molecule has 1 rings (SSSR count). The predicted octanol–water partition coefficient (Wildman–Crippen LogP) is 2.51. The van der Waals surface area contributed by atoms with E-state index in [1.165, 1.54) is 0 Å². The highest BCUT2D eigenvalue weighted by Crippen LogP contribution is 2.38. The van der Waals surface area contributed by atoms with Gasteiger partial charge in [0, 0.05) is 13.2 Å². The van der Waals surface area contributed by atoms with Gasteiger partial charge in [-0.2, -0.15) is 0 Å². The van der Waals surface area contributed by atoms with Crippen LogP contribution < -0.4 is 5.32 Å². The monoisotopic (exact) mass is 271 g/mol. The molecule has 0 heterocycles. The van der Waals surface area contributed by atoms with E-state index in [0.717, 1.165) is 51.7 Å². The molecule has 2 atom stereocenters. The predicted molar refractivity (Wildman–Crippen MR) is 76.1 cm³/mol. The number of carbonyl (C=O) groups excluding carboxylic acids is 1. The minimum Gasteiger partial charge on any atom is -0.465 e. The third-order valence-corrected chi connectivity index (χ3v) is 4.16. The van der Waals surface area contributed by atoms with Gasteiger partial charge in [-0.15, -0.1) is 0 Å². The summed E-state index contributed by atoms with van der Waals surface area (Å²) in [5.74, 6) is 0.242. The van der Waals surface area contributed by atoms with Gasteiger partial charge in [0.25, 0.3) is 0 Å². The maximum absolute atomic E-state index is 12.2. The number of hydrogen-bond acceptors (Lipinski definition) is 4. The lowest BCUT2D eigenvalue weighted by atomic mass is 9.85. The first-order chi connectivity index (χ1) is 9.21. The zero-order chi connectivity index (χ0) is 14.1. The van der Waals surface area contributed by atoms with Gasteiger partial charge in [0.2, 0.25) is 0 Å². The van der Waals surface area contributed by atoms with Crippen LogP contribution in [0.4, 0.5) is 0 Å². The van der Waals surface area contributed by atoms with Crippen LogP contribution in [-0.2, 0) is 14.3 Å². The first-order valence-electron chi connectivity index (χ1n) is 7.65. The number of nitrogens with one attached hydrogen (secondary N) is 1. The zero-order valence-corrected chi connectivity index (χ0v) is 12.7. The van der Waals surface area contributed by atoms with E-state index in [1.807, 2.05) is 14.0 Å². The maximum atomic E-state index is 12.2. The molecule has 0 amide bonds. The highest BCUT2D eigenvalue weighted by molar-refractivity contribution is 5.81. The molecule has 1 aliphatic carbocycles. The van der Waals surface area contributed by atoms with Crippen LogP contribution in [0.1, 0.15) is 52.4 Å². The normalized spacial score (nSPS) is 26.6. The number of ether oxygens (including phenoxy) is 2. The molecule has 1 N–H and O–H groups in total. The van der Waals surface area contributed by atoms with Crippen molar-refractivity contribution in [3.63, 3.8) is 0 Å². The van der Waals surface area contributed by atoms with Gasteiger partial charge < -0.3 is 14.8 Å². The van der Waals surface area contributed by atoms with Crippen LogP contribution in [-0.4, -0.2) is 38.4 Å². The van der Waals surface area contributed by atoms with Crippen LogP contribution in [0.3, 0.4) is 0 Å². The van der Waals surface area contributed by atoms with Crippen molar-refractivity contribution >= 4 is 5.97 Å². The Morgan fingerprint density at radius 2 is 2.16 bits per heavy atom. The van der Waals surface area contributed by atoms with E-state index < -0.39 is 5.54 Å². The molecule has 0 aromatic carbocycles. The van der Waals surface area contributed by atoms with Crippen LogP contribution in [0, 0.1) is 5.92 Å². The fourth-order valence-corrected chi connectivity index (χ4v) is 3.00. The third kappa shape index (κ3) is 4.18. The van der Waals surface area contributed by atoms with Crippen molar-refractivity contribution in [3.8, 4) is 0 Å². The first-order valence-corrected chi connectivity index (χ1v) is 7.65. The summed E-state index contributed by atoms with van der Waals surface area (Å²) in [7, 11) is 1.87. The van der Waals surface area contributed by atoms with Crippen molar-refractivity contribution in [2.75, 3.05) is 26.9 Å². The smallest absolute Gasteiger partial charge is 0.326 e. The summed E-state index contributed by atoms with van der Waals surface area (Å²) in [6, 6.07) is 0. The SMILES string of the molecule is CCCCOCCC1CCCC1(NC)C(=O)OCC. The van der Waals surface area contributed by atoms with Gasteiger partial charge in [-0.1, -0.05) is 19.8 Å². The molecule has 4 nitrogen and oxygen atoms in total. The van der Waals surface area contributed by atoms with Gasteiger partial charge in [0.15, 0.2) is 0 Å². The standard InChI is InChI=1S/C15H29NO3/c1-4-6-11-18-12-9-13-8-7-10-15(13,16-3)14(17)19-5-2/h13,16H,4-12H2,1-3H3. The van der Waals surface area contributed by atoms with Crippen molar-refractivity contribution in [2.24, 2.45) is 5.92 Å². The van der Waals surface area contributed by atoms with Crippen LogP contribution in [0.5, 0.6) is 0 Å². The van der Waals surface area contributed by atoms with Crippen molar-refractivity contribution in [3.05, 3.63) is 0 Å². The Bertz CT molecular complexity index is 270. The number of rotatable bonds is 9. The Balaban J connectivity index is 2.48. The Kier molecular flexibility index (Phi) is 7.39. The topological polar surface area (TPSA) is 47.6 Å². The summed E-state index contributed by atoms with van der Waals surface area (Å²) in [5, 5.41) is 3.23. The van der Waals surface area contributed by atoms with Crippen molar-refractivity contribution in [1.82, 2.24) is 5.32 Å². The van der Waals surface area contributed by atoms with E-state index in [4.69, 9.17) is 9.47 Å². The van der Waals surface area contributed by atoms with Crippen molar-refractivity contribution < 1.29 is 14.3 Å². The van der Waals surface area contributed by atoms with E-state index in [0.29, 0.717) is 12.5 Å². The molecule has 1 saturated carbocycles. The van der Waals surface area contributed by atoms with E-state index in [-0.39, 0.29) is 5.97 Å². The van der Waals surface area contributed by atoms with E-state index in [2.05, 4.69) is 12.2 Å². The van der Waals surface area contributed by atoms with Gasteiger partial charge in [-0.3, -0.25) is 4.79 Å². The zero-order valence-electron chi connectivity index (χ0n) is 12.7. The fourth-order valence-electron chi connectivity index (χ4n) is 3.00. The van der Waals surface area contributed by atoms with E-state index >= 15 is 0 Å². The second kappa shape index (κ2) is 8.54. The Morgan fingerprint density at radius 1 is 1.37 bits per heavy atom. The van der Waals surface area contributed by atoms with Gasteiger partial charge >= 0.3 is 5.97 Å². The molecule has 4 heteroatoms. The van der Waals surface area contributed by atoms with E-state index in [9.17, 15) is 4.79 Å². The summed E-state index contributed by atoms with van der Waals surface area (Å²) in [6.07, 6.45) is 6.24. The number of hydrogen-bond donors (Lipinski definition) is 1. The Morgan fingerprint density at radius 3 is 2.79 bits per heavy atom. The Hall–Kier alpha value is -0.610. The molecule has 0 bridgehead atoms. The average molecular weight is 271 g/mol. The van der Waals surface area contributed by atoms with Crippen LogP contribution in [0.15, 0.2) is 0 Å². The highest BCUT2D eigenvalue weighted by atomic mass is 16.5. The van der Waals surface area contributed by atoms with Gasteiger partial charge in [0.05, 0.1) is 6.61 Å². The van der Waals surface area contributed by atoms with Crippen molar-refractivity contribution in [1.29, 1.82) is 0 Å². The summed E-state index contributed by atoms with van der Waals surface area (Å²) in [5.41, 5.74) is -0.482. The lowest BCUT2D eigenvalue weighted by molar-refractivity contribution is -0.153. The molecule has 0 saturated heterocycles. The van der Waals surface area contributed by atoms with Gasteiger partial charge in [-0.05, 0) is 45.6 Å². The number of carbonyl (C=O) groups is 1. The van der Waals surface area contributed by atoms with Crippen LogP contribution in [0.2, 0.25) is 0 Å². The lowest BCUT2D eigenvalue weighted by Crippen LogP contribution is -2.54. The van der Waals surface area contributed by atoms with Gasteiger partial charge in [-0.25, -0.2) is 0 Å². The molecule has 19 heavy (non-hydrogen) atoms. The summed E-state index contributed by atoms with van der Waals surface area (Å²) < 4.78 is 10.9. The molecule has 0 spiro atoms. The number of unbranched alkanes of at least 4 members (excludes halogenated alkanes) is 1. The molecule has 112 valence electrons. The van der Waals surface area contributed by atoms with Crippen LogP contribution in [0.25, 0.3) is 0 Å². The number of likely N-dealkylation sites (N-methyl/N-ethyl adjacent to an activating group) is 1. The molecular weight excluding hydrogens is 242 g/mol. The maximum Gasteiger partial charge on any atom is 0.326 e. The number of esters is 1. The molecule has 0 aromatic rings. The van der Waals surface area contributed by atoms with Crippen LogP contribution >= 0.6 is 0 Å². The van der Waals surface area contributed by atoms with Crippen molar-refractivity contribution in [2.45, 2.75) is 57.9 Å². The fraction of sp³-hybridized carbons (Fsp3) is 0.933. The minimum absolute atomic E-state index is 0.0893. The molecule has 0 aliphatic heterocycles. The first kappa shape index (κ1) is 16.4. The largest absolute Gasteiger partial charge is 0.465 e. The molecule has 0 radical (unpaired) electrons.